The van der Waals surface area contributed by atoms with E-state index < -0.39 is 16.9 Å². The number of halogens is 2. The molecule has 1 aliphatic rings. The van der Waals surface area contributed by atoms with Gasteiger partial charge in [0.2, 0.25) is 0 Å². The van der Waals surface area contributed by atoms with Crippen LogP contribution in [-0.2, 0) is 23.1 Å². The maximum Gasteiger partial charge on any atom is -1.00 e. The van der Waals surface area contributed by atoms with Crippen LogP contribution in [0.1, 0.15) is 23.1 Å². The molecule has 3 aromatic carbocycles. The van der Waals surface area contributed by atoms with E-state index in [0.29, 0.717) is 0 Å². The van der Waals surface area contributed by atoms with Gasteiger partial charge in [0.25, 0.3) is 0 Å². The Balaban J connectivity index is 0.00000150. The molecule has 1 unspecified atom stereocenters. The van der Waals surface area contributed by atoms with E-state index >= 15 is 0 Å². The van der Waals surface area contributed by atoms with Gasteiger partial charge in [0.1, 0.15) is 0 Å². The van der Waals surface area contributed by atoms with Crippen LogP contribution in [0.15, 0.2) is 113 Å². The molecule has 0 saturated heterocycles. The summed E-state index contributed by atoms with van der Waals surface area (Å²) < 4.78 is 3.33. The van der Waals surface area contributed by atoms with Crippen molar-refractivity contribution in [1.29, 1.82) is 0 Å². The van der Waals surface area contributed by atoms with Crippen LogP contribution in [0.2, 0.25) is 0 Å². The molecule has 0 N–H and O–H groups in total. The average molecular weight is 473 g/mol. The monoisotopic (exact) mass is 472 g/mol. The minimum Gasteiger partial charge on any atom is -1.00 e. The summed E-state index contributed by atoms with van der Waals surface area (Å²) in [6.07, 6.45) is 9.31. The zero-order valence-corrected chi connectivity index (χ0v) is 20.1. The Morgan fingerprint density at radius 3 is 1.72 bits per heavy atom. The first-order valence-electron chi connectivity index (χ1n) is 9.41. The average Bonchev–Trinajstić information content (AvgIpc) is 3.28. The van der Waals surface area contributed by atoms with Crippen LogP contribution in [0.3, 0.4) is 0 Å². The second-order valence-corrected chi connectivity index (χ2v) is 14.0. The van der Waals surface area contributed by atoms with Gasteiger partial charge < -0.3 is 24.8 Å². The van der Waals surface area contributed by atoms with Crippen LogP contribution >= 0.6 is 6.57 Å². The third-order valence-electron chi connectivity index (χ3n) is 4.78. The normalized spacial score (nSPS) is 11.9. The minimum absolute atomic E-state index is 0. The molecule has 4 rings (SSSR count). The second kappa shape index (κ2) is 12.4. The van der Waals surface area contributed by atoms with Gasteiger partial charge in [-0.15, -0.1) is 0 Å². The number of rotatable bonds is 6. The topological polar surface area (TPSA) is 0 Å². The molecule has 0 radical (unpaired) electrons. The smallest absolute Gasteiger partial charge is 1.00 e. The van der Waals surface area contributed by atoms with Crippen LogP contribution in [0, 0.1) is 0 Å². The summed E-state index contributed by atoms with van der Waals surface area (Å²) in [4.78, 5) is 0. The van der Waals surface area contributed by atoms with Crippen molar-refractivity contribution in [2.45, 2.75) is 12.6 Å². The zero-order valence-electron chi connectivity index (χ0n) is 16.1. The standard InChI is InChI=1S/C13H10.C7H8P.C5H5.2ClH.Ti/c1-3-7-12(8-4-1)11-13-9-5-2-6-10-13;8-6-7-4-2-1-3-5-7;1-2-4-5-3-1;;;/h1-10H;1-5,8H,6H2;1-3H,4H2;2*1H;/q;-1;;;;+3/p-2. The Morgan fingerprint density at radius 2 is 1.24 bits per heavy atom. The molecule has 4 heteroatoms. The molecule has 0 nitrogen and oxygen atoms in total. The fraction of sp³-hybridized carbons (Fsp3) is 0.0800. The first kappa shape index (κ1) is 24.0. The summed E-state index contributed by atoms with van der Waals surface area (Å²) in [6, 6.07) is 33.1. The Bertz CT molecular complexity index is 940. The second-order valence-electron chi connectivity index (χ2n) is 6.65. The molecule has 0 aliphatic heterocycles. The Morgan fingerprint density at radius 1 is 0.724 bits per heavy atom. The molecular formula is C25H23Cl2PTi. The fourth-order valence-electron chi connectivity index (χ4n) is 3.45. The van der Waals surface area contributed by atoms with Crippen molar-refractivity contribution in [3.63, 3.8) is 0 Å². The molecule has 1 aliphatic carbocycles. The Kier molecular flexibility index (Phi) is 10.3. The van der Waals surface area contributed by atoms with Gasteiger partial charge >= 0.3 is 170 Å². The molecule has 0 aromatic heterocycles. The van der Waals surface area contributed by atoms with Gasteiger partial charge in [-0.25, -0.2) is 0 Å². The van der Waals surface area contributed by atoms with E-state index in [1.165, 1.54) is 22.9 Å². The molecule has 0 amide bonds. The van der Waals surface area contributed by atoms with Crippen LogP contribution < -0.4 is 24.8 Å². The predicted molar refractivity (Wildman–Crippen MR) is 116 cm³/mol. The van der Waals surface area contributed by atoms with E-state index in [0.717, 1.165) is 13.0 Å². The van der Waals surface area contributed by atoms with Crippen LogP contribution in [-0.4, -0.2) is 3.81 Å². The molecule has 0 heterocycles. The van der Waals surface area contributed by atoms with E-state index in [4.69, 9.17) is 0 Å². The van der Waals surface area contributed by atoms with Gasteiger partial charge in [-0.1, -0.05) is 0 Å². The van der Waals surface area contributed by atoms with Gasteiger partial charge in [-0.05, 0) is 0 Å². The quantitative estimate of drug-likeness (QED) is 0.362. The van der Waals surface area contributed by atoms with Crippen molar-refractivity contribution in [3.05, 3.63) is 130 Å². The fourth-order valence-corrected chi connectivity index (χ4v) is 12.9. The minimum atomic E-state index is -1.63. The van der Waals surface area contributed by atoms with Gasteiger partial charge in [-0.2, -0.15) is 0 Å². The number of hydrogen-bond acceptors (Lipinski definition) is 0. The number of benzene rings is 3. The molecule has 0 fully saturated rings. The van der Waals surface area contributed by atoms with Gasteiger partial charge in [-0.3, -0.25) is 0 Å². The molecule has 3 aromatic rings. The van der Waals surface area contributed by atoms with Crippen molar-refractivity contribution in [2.24, 2.45) is 0 Å². The van der Waals surface area contributed by atoms with E-state index in [1.54, 1.807) is 7.69 Å². The van der Waals surface area contributed by atoms with Crippen molar-refractivity contribution in [1.82, 2.24) is 0 Å². The van der Waals surface area contributed by atoms with Crippen molar-refractivity contribution >= 4 is 10.4 Å². The largest absolute Gasteiger partial charge is 1.00 e. The molecule has 146 valence electrons. The van der Waals surface area contributed by atoms with Gasteiger partial charge in [0.15, 0.2) is 0 Å². The molecule has 0 spiro atoms. The van der Waals surface area contributed by atoms with Gasteiger partial charge in [0.05, 0.1) is 0 Å². The first-order valence-corrected chi connectivity index (χ1v) is 14.5. The summed E-state index contributed by atoms with van der Waals surface area (Å²) in [5, 5.41) is 0. The molecular weight excluding hydrogens is 450 g/mol. The van der Waals surface area contributed by atoms with E-state index in [1.807, 2.05) is 0 Å². The summed E-state index contributed by atoms with van der Waals surface area (Å²) in [5.41, 5.74) is 4.28. The number of allylic oxidation sites excluding steroid dienone is 4. The molecule has 0 bridgehead atoms. The van der Waals surface area contributed by atoms with Crippen molar-refractivity contribution < 1.29 is 41.7 Å². The van der Waals surface area contributed by atoms with E-state index in [9.17, 15) is 0 Å². The Labute approximate surface area is 193 Å². The van der Waals surface area contributed by atoms with E-state index in [-0.39, 0.29) is 24.8 Å². The van der Waals surface area contributed by atoms with Crippen molar-refractivity contribution in [2.75, 3.05) is 0 Å². The summed E-state index contributed by atoms with van der Waals surface area (Å²) >= 11 is -1.63. The summed E-state index contributed by atoms with van der Waals surface area (Å²) in [5.74, 6) is 0. The van der Waals surface area contributed by atoms with Crippen molar-refractivity contribution in [3.8, 4) is 0 Å². The predicted octanol–water partition coefficient (Wildman–Crippen LogP) is 0.519. The van der Waals surface area contributed by atoms with Crippen LogP contribution in [0.25, 0.3) is 0 Å². The molecule has 1 atom stereocenters. The first-order chi connectivity index (χ1) is 13.4. The third kappa shape index (κ3) is 6.35. The third-order valence-corrected chi connectivity index (χ3v) is 13.8. The van der Waals surface area contributed by atoms with Crippen LogP contribution in [0.5, 0.6) is 0 Å². The summed E-state index contributed by atoms with van der Waals surface area (Å²) in [6.45, 7) is 0.987. The van der Waals surface area contributed by atoms with Gasteiger partial charge in [0, 0.05) is 0 Å². The maximum atomic E-state index is 2.40. The summed E-state index contributed by atoms with van der Waals surface area (Å²) in [7, 11) is 0. The molecule has 29 heavy (non-hydrogen) atoms. The number of hydrogen-bond donors (Lipinski definition) is 0. The Hall–Kier alpha value is -1.27. The van der Waals surface area contributed by atoms with E-state index in [2.05, 4.69) is 109 Å². The SMILES string of the molecule is C1=CC[C]([Ti+2]([PH]Cc2ccccc2)=[C](c2ccccc2)c2ccccc2)=C1.[Cl-].[Cl-]. The molecule has 0 saturated carbocycles. The maximum absolute atomic E-state index is 2.40. The van der Waals surface area contributed by atoms with Crippen LogP contribution in [0.4, 0.5) is 0 Å². The zero-order chi connectivity index (χ0) is 18.3.